The summed E-state index contributed by atoms with van der Waals surface area (Å²) in [4.78, 5) is 2.93. The SMILES string of the molecule is FC1(F)C(c2cc(-c3cccs3)sc2-c2ccccc2)=C(c2cc(-c3cccs3)sc2-c2ccccc2)C(F)(F)C1(F)F. The summed E-state index contributed by atoms with van der Waals surface area (Å²) in [5, 5.41) is 3.61. The fourth-order valence-electron chi connectivity index (χ4n) is 5.27. The van der Waals surface area contributed by atoms with Crippen molar-refractivity contribution in [3.8, 4) is 40.4 Å². The maximum Gasteiger partial charge on any atom is 0.380 e. The number of thiophene rings is 4. The molecule has 0 spiro atoms. The summed E-state index contributed by atoms with van der Waals surface area (Å²) in [6.45, 7) is 0. The molecule has 4 heterocycles. The number of rotatable bonds is 6. The molecule has 1 aliphatic carbocycles. The number of benzene rings is 2. The minimum absolute atomic E-state index is 0.222. The first-order valence-corrected chi connectivity index (χ1v) is 16.4. The highest BCUT2D eigenvalue weighted by Crippen LogP contribution is 2.67. The van der Waals surface area contributed by atoms with E-state index in [1.54, 1.807) is 95.7 Å². The lowest BCUT2D eigenvalue weighted by atomic mass is 9.92. The Morgan fingerprint density at radius 1 is 0.442 bits per heavy atom. The van der Waals surface area contributed by atoms with Crippen molar-refractivity contribution in [2.45, 2.75) is 17.8 Å². The molecule has 0 saturated heterocycles. The fraction of sp³-hybridized carbons (Fsp3) is 0.0909. The van der Waals surface area contributed by atoms with Gasteiger partial charge >= 0.3 is 17.8 Å². The van der Waals surface area contributed by atoms with Gasteiger partial charge in [-0.1, -0.05) is 72.8 Å². The molecular formula is C33H18F6S4. The number of alkyl halides is 6. The van der Waals surface area contributed by atoms with Crippen LogP contribution in [-0.2, 0) is 0 Å². The Balaban J connectivity index is 1.59. The maximum absolute atomic E-state index is 16.1. The van der Waals surface area contributed by atoms with Gasteiger partial charge in [0.2, 0.25) is 0 Å². The fourth-order valence-corrected chi connectivity index (χ4v) is 9.27. The van der Waals surface area contributed by atoms with Gasteiger partial charge in [-0.25, -0.2) is 0 Å². The van der Waals surface area contributed by atoms with Crippen molar-refractivity contribution in [3.05, 3.63) is 119 Å². The van der Waals surface area contributed by atoms with Gasteiger partial charge in [0.15, 0.2) is 0 Å². The minimum atomic E-state index is -5.66. The van der Waals surface area contributed by atoms with Crippen molar-refractivity contribution in [3.63, 3.8) is 0 Å². The molecule has 216 valence electrons. The molecule has 0 N–H and O–H groups in total. The van der Waals surface area contributed by atoms with E-state index in [0.717, 1.165) is 32.4 Å². The van der Waals surface area contributed by atoms with Crippen LogP contribution in [0.25, 0.3) is 51.5 Å². The second-order valence-corrected chi connectivity index (χ2v) is 13.9. The Morgan fingerprint density at radius 2 is 0.837 bits per heavy atom. The lowest BCUT2D eigenvalue weighted by molar-refractivity contribution is -0.254. The zero-order chi connectivity index (χ0) is 30.0. The van der Waals surface area contributed by atoms with Crippen LogP contribution in [0.3, 0.4) is 0 Å². The summed E-state index contributed by atoms with van der Waals surface area (Å²) in [6.07, 6.45) is 0. The Bertz CT molecular complexity index is 1790. The molecule has 0 radical (unpaired) electrons. The summed E-state index contributed by atoms with van der Waals surface area (Å²) < 4.78 is 95.3. The molecule has 0 amide bonds. The van der Waals surface area contributed by atoms with Gasteiger partial charge in [-0.3, -0.25) is 0 Å². The van der Waals surface area contributed by atoms with E-state index in [-0.39, 0.29) is 20.9 Å². The number of halogens is 6. The topological polar surface area (TPSA) is 0 Å². The van der Waals surface area contributed by atoms with Crippen LogP contribution in [0.5, 0.6) is 0 Å². The average molecular weight is 657 g/mol. The van der Waals surface area contributed by atoms with E-state index in [0.29, 0.717) is 20.9 Å². The Kier molecular flexibility index (Phi) is 6.81. The van der Waals surface area contributed by atoms with E-state index >= 15 is 26.3 Å². The van der Waals surface area contributed by atoms with Gasteiger partial charge in [0, 0.05) is 51.5 Å². The standard InChI is InChI=1S/C33H18F6S4/c34-31(35)27(21-17-25(23-13-7-15-40-23)42-29(21)19-9-3-1-4-10-19)28(32(36,37)33(31,38)39)22-18-26(24-14-8-16-41-24)43-30(22)20-11-5-2-6-12-20/h1-18H. The van der Waals surface area contributed by atoms with E-state index in [4.69, 9.17) is 0 Å². The van der Waals surface area contributed by atoms with Crippen LogP contribution >= 0.6 is 45.3 Å². The molecule has 0 nitrogen and oxygen atoms in total. The molecule has 0 bridgehead atoms. The Hall–Kier alpha value is -3.44. The van der Waals surface area contributed by atoms with Gasteiger partial charge in [0.1, 0.15) is 0 Å². The molecule has 0 fully saturated rings. The maximum atomic E-state index is 16.1. The highest BCUT2D eigenvalue weighted by molar-refractivity contribution is 7.24. The molecule has 7 rings (SSSR count). The first kappa shape index (κ1) is 28.3. The van der Waals surface area contributed by atoms with Gasteiger partial charge in [-0.2, -0.15) is 26.3 Å². The number of hydrogen-bond acceptors (Lipinski definition) is 4. The molecular weight excluding hydrogens is 639 g/mol. The Labute approximate surface area is 258 Å². The van der Waals surface area contributed by atoms with Gasteiger partial charge in [-0.05, 0) is 46.2 Å². The quantitative estimate of drug-likeness (QED) is 0.157. The van der Waals surface area contributed by atoms with Crippen LogP contribution in [0.2, 0.25) is 0 Å². The summed E-state index contributed by atoms with van der Waals surface area (Å²) in [5.41, 5.74) is -2.38. The first-order chi connectivity index (χ1) is 20.6. The average Bonchev–Trinajstić information content (AvgIpc) is 3.83. The molecule has 1 aliphatic rings. The van der Waals surface area contributed by atoms with Gasteiger partial charge in [-0.15, -0.1) is 45.3 Å². The zero-order valence-electron chi connectivity index (χ0n) is 21.8. The lowest BCUT2D eigenvalue weighted by Gasteiger charge is -2.26. The smallest absolute Gasteiger partial charge is 0.194 e. The predicted molar refractivity (Wildman–Crippen MR) is 168 cm³/mol. The largest absolute Gasteiger partial charge is 0.380 e. The van der Waals surface area contributed by atoms with E-state index in [9.17, 15) is 0 Å². The molecule has 0 unspecified atom stereocenters. The van der Waals surface area contributed by atoms with Crippen molar-refractivity contribution < 1.29 is 26.3 Å². The van der Waals surface area contributed by atoms with E-state index in [1.165, 1.54) is 34.8 Å². The highest BCUT2D eigenvalue weighted by atomic mass is 32.1. The molecule has 0 saturated carbocycles. The van der Waals surface area contributed by atoms with Gasteiger partial charge in [0.25, 0.3) is 0 Å². The normalized spacial score (nSPS) is 17.1. The molecule has 0 atom stereocenters. The minimum Gasteiger partial charge on any atom is -0.194 e. The first-order valence-electron chi connectivity index (χ1n) is 13.0. The third-order valence-electron chi connectivity index (χ3n) is 7.27. The van der Waals surface area contributed by atoms with Crippen LogP contribution < -0.4 is 0 Å². The monoisotopic (exact) mass is 656 g/mol. The highest BCUT2D eigenvalue weighted by Gasteiger charge is 2.80. The molecule has 43 heavy (non-hydrogen) atoms. The number of hydrogen-bond donors (Lipinski definition) is 0. The molecule has 0 aliphatic heterocycles. The van der Waals surface area contributed by atoms with Crippen molar-refractivity contribution in [2.75, 3.05) is 0 Å². The van der Waals surface area contributed by atoms with Gasteiger partial charge < -0.3 is 0 Å². The van der Waals surface area contributed by atoms with Crippen molar-refractivity contribution >= 4 is 56.5 Å². The van der Waals surface area contributed by atoms with E-state index in [2.05, 4.69) is 0 Å². The summed E-state index contributed by atoms with van der Waals surface area (Å²) >= 11 is 4.93. The third-order valence-corrected chi connectivity index (χ3v) is 11.8. The second-order valence-electron chi connectivity index (χ2n) is 9.87. The molecule has 4 aromatic heterocycles. The predicted octanol–water partition coefficient (Wildman–Crippen LogP) is 12.4. The third kappa shape index (κ3) is 4.37. The summed E-state index contributed by atoms with van der Waals surface area (Å²) in [6, 6.07) is 26.7. The van der Waals surface area contributed by atoms with Gasteiger partial charge in [0.05, 0.1) is 0 Å². The van der Waals surface area contributed by atoms with Crippen LogP contribution in [-0.4, -0.2) is 17.8 Å². The van der Waals surface area contributed by atoms with Crippen LogP contribution in [0.1, 0.15) is 11.1 Å². The molecule has 10 heteroatoms. The lowest BCUT2D eigenvalue weighted by Crippen LogP contribution is -2.48. The van der Waals surface area contributed by atoms with Crippen molar-refractivity contribution in [2.24, 2.45) is 0 Å². The van der Waals surface area contributed by atoms with Crippen molar-refractivity contribution in [1.29, 1.82) is 0 Å². The van der Waals surface area contributed by atoms with E-state index < -0.39 is 28.9 Å². The second kappa shape index (κ2) is 10.3. The summed E-state index contributed by atoms with van der Waals surface area (Å²) in [5.74, 6) is -16.0. The molecule has 6 aromatic rings. The van der Waals surface area contributed by atoms with Crippen molar-refractivity contribution in [1.82, 2.24) is 0 Å². The zero-order valence-corrected chi connectivity index (χ0v) is 25.1. The van der Waals surface area contributed by atoms with Crippen LogP contribution in [0.4, 0.5) is 26.3 Å². The number of allylic oxidation sites excluding steroid dienone is 2. The van der Waals surface area contributed by atoms with Crippen LogP contribution in [0, 0.1) is 0 Å². The molecule has 2 aromatic carbocycles. The summed E-state index contributed by atoms with van der Waals surface area (Å²) in [7, 11) is 0. The van der Waals surface area contributed by atoms with E-state index in [1.807, 2.05) is 0 Å². The van der Waals surface area contributed by atoms with Crippen LogP contribution in [0.15, 0.2) is 108 Å². The Morgan fingerprint density at radius 3 is 1.19 bits per heavy atom.